The van der Waals surface area contributed by atoms with E-state index < -0.39 is 80.7 Å². The molecule has 2 heterocycles. The molecule has 0 spiro atoms. The highest BCUT2D eigenvalue weighted by Crippen LogP contribution is 2.27. The molecule has 11 atom stereocenters. The molecule has 0 amide bonds. The second-order valence-corrected chi connectivity index (χ2v) is 24.0. The van der Waals surface area contributed by atoms with Crippen LogP contribution >= 0.6 is 0 Å². The first-order valence-corrected chi connectivity index (χ1v) is 33.9. The van der Waals surface area contributed by atoms with Gasteiger partial charge in [-0.25, -0.2) is 0 Å². The predicted molar refractivity (Wildman–Crippen MR) is 326 cm³/mol. The van der Waals surface area contributed by atoms with Crippen LogP contribution in [0.15, 0.2) is 24.3 Å². The van der Waals surface area contributed by atoms with Crippen molar-refractivity contribution in [3.63, 3.8) is 0 Å². The largest absolute Gasteiger partial charge is 0.457 e. The molecule has 0 aromatic heterocycles. The normalized spacial score (nSPS) is 23.8. The first-order chi connectivity index (χ1) is 39.6. The van der Waals surface area contributed by atoms with Crippen LogP contribution in [0.1, 0.15) is 296 Å². The van der Waals surface area contributed by atoms with E-state index in [0.29, 0.717) is 13.0 Å². The molecule has 14 nitrogen and oxygen atoms in total. The summed E-state index contributed by atoms with van der Waals surface area (Å²) in [5.74, 6) is -0.369. The van der Waals surface area contributed by atoms with E-state index in [1.165, 1.54) is 225 Å². The Morgan fingerprint density at radius 3 is 1.19 bits per heavy atom. The van der Waals surface area contributed by atoms with Gasteiger partial charge in [0.15, 0.2) is 12.6 Å². The van der Waals surface area contributed by atoms with Crippen molar-refractivity contribution in [2.45, 2.75) is 364 Å². The summed E-state index contributed by atoms with van der Waals surface area (Å²) in [7, 11) is 0. The quantitative estimate of drug-likeness (QED) is 0.0171. The van der Waals surface area contributed by atoms with E-state index in [0.717, 1.165) is 44.9 Å². The highest BCUT2D eigenvalue weighted by Gasteiger charge is 2.47. The molecule has 2 fully saturated rings. The van der Waals surface area contributed by atoms with Crippen molar-refractivity contribution in [1.82, 2.24) is 0 Å². The van der Waals surface area contributed by atoms with Crippen LogP contribution in [0.5, 0.6) is 0 Å². The van der Waals surface area contributed by atoms with Gasteiger partial charge in [0, 0.05) is 13.0 Å². The lowest BCUT2D eigenvalue weighted by molar-refractivity contribution is -0.332. The minimum absolute atomic E-state index is 0.0644. The van der Waals surface area contributed by atoms with Crippen LogP contribution in [0.4, 0.5) is 0 Å². The molecular formula is C67H126O14. The summed E-state index contributed by atoms with van der Waals surface area (Å²) in [5.41, 5.74) is 0. The number of carbonyl (C=O) groups is 1. The second-order valence-electron chi connectivity index (χ2n) is 24.0. The zero-order valence-electron chi connectivity index (χ0n) is 51.8. The highest BCUT2D eigenvalue weighted by molar-refractivity contribution is 5.69. The maximum atomic E-state index is 13.1. The maximum Gasteiger partial charge on any atom is 0.306 e. The first kappa shape index (κ1) is 75.6. The number of carbonyl (C=O) groups excluding carboxylic acids is 1. The Morgan fingerprint density at radius 1 is 0.407 bits per heavy atom. The summed E-state index contributed by atoms with van der Waals surface area (Å²) in [4.78, 5) is 13.1. The lowest BCUT2D eigenvalue weighted by Gasteiger charge is -2.42. The minimum Gasteiger partial charge on any atom is -0.457 e. The zero-order valence-corrected chi connectivity index (χ0v) is 51.8. The number of unbranched alkanes of at least 4 members (excludes halogenated alkanes) is 39. The number of aliphatic hydroxyl groups is 7. The summed E-state index contributed by atoms with van der Waals surface area (Å²) in [6.45, 7) is 3.75. The smallest absolute Gasteiger partial charge is 0.306 e. The van der Waals surface area contributed by atoms with Crippen molar-refractivity contribution < 1.29 is 69.0 Å². The van der Waals surface area contributed by atoms with Gasteiger partial charge >= 0.3 is 5.97 Å². The van der Waals surface area contributed by atoms with E-state index in [4.69, 9.17) is 28.4 Å². The number of hydrogen-bond donors (Lipinski definition) is 7. The molecule has 81 heavy (non-hydrogen) atoms. The van der Waals surface area contributed by atoms with Crippen molar-refractivity contribution in [2.75, 3.05) is 33.0 Å². The molecular weight excluding hydrogens is 1030 g/mol. The van der Waals surface area contributed by atoms with Gasteiger partial charge in [-0.15, -0.1) is 0 Å². The summed E-state index contributed by atoms with van der Waals surface area (Å²) in [6.07, 6.45) is 48.2. The predicted octanol–water partition coefficient (Wildman–Crippen LogP) is 13.9. The van der Waals surface area contributed by atoms with E-state index in [1.54, 1.807) is 0 Å². The number of aliphatic hydroxyl groups excluding tert-OH is 7. The number of rotatable bonds is 57. The molecule has 2 saturated heterocycles. The van der Waals surface area contributed by atoms with Crippen LogP contribution in [-0.4, -0.2) is 142 Å². The molecule has 2 aliphatic rings. The monoisotopic (exact) mass is 1150 g/mol. The van der Waals surface area contributed by atoms with Gasteiger partial charge in [-0.05, 0) is 44.9 Å². The molecule has 0 saturated carbocycles. The summed E-state index contributed by atoms with van der Waals surface area (Å²) in [6, 6.07) is 0. The van der Waals surface area contributed by atoms with Crippen LogP contribution in [0.3, 0.4) is 0 Å². The molecule has 2 rings (SSSR count). The topological polar surface area (TPSA) is 214 Å². The molecule has 0 aliphatic carbocycles. The van der Waals surface area contributed by atoms with Crippen molar-refractivity contribution in [2.24, 2.45) is 0 Å². The Morgan fingerprint density at radius 2 is 0.765 bits per heavy atom. The molecule has 0 radical (unpaired) electrons. The van der Waals surface area contributed by atoms with E-state index in [9.17, 15) is 40.5 Å². The third kappa shape index (κ3) is 39.7. The molecule has 7 N–H and O–H groups in total. The van der Waals surface area contributed by atoms with Gasteiger partial charge in [0.2, 0.25) is 0 Å². The fourth-order valence-corrected chi connectivity index (χ4v) is 11.0. The Hall–Kier alpha value is -1.53. The highest BCUT2D eigenvalue weighted by atomic mass is 16.7. The van der Waals surface area contributed by atoms with Crippen LogP contribution in [0.25, 0.3) is 0 Å². The zero-order chi connectivity index (χ0) is 58.6. The molecule has 2 aliphatic heterocycles. The lowest BCUT2D eigenvalue weighted by atomic mass is 9.98. The van der Waals surface area contributed by atoms with Crippen molar-refractivity contribution >= 4 is 5.97 Å². The van der Waals surface area contributed by atoms with E-state index in [2.05, 4.69) is 38.2 Å². The fraction of sp³-hybridized carbons (Fsp3) is 0.925. The number of hydrogen-bond acceptors (Lipinski definition) is 14. The van der Waals surface area contributed by atoms with E-state index >= 15 is 0 Å². The average molecular weight is 1160 g/mol. The number of esters is 1. The van der Waals surface area contributed by atoms with Gasteiger partial charge in [0.25, 0.3) is 0 Å². The first-order valence-electron chi connectivity index (χ1n) is 33.9. The van der Waals surface area contributed by atoms with Gasteiger partial charge in [0.1, 0.15) is 54.9 Å². The van der Waals surface area contributed by atoms with E-state index in [1.807, 2.05) is 0 Å². The standard InChI is InChI=1S/C67H126O14/c1-3-5-7-9-11-13-15-17-19-21-23-25-27-28-29-30-32-34-36-38-40-42-44-46-48-50-59(69)79-56(53-76-51-49-47-45-43-41-39-37-35-33-31-26-24-22-20-18-16-14-12-10-8-6-4-2)54-77-66-65(75)63(73)61(71)58(81-66)55-78-67-64(74)62(72)60(70)57(52-68)80-67/h16,18,22,24,56-58,60-68,70-75H,3-15,17,19-21,23,25-55H2,1-2H3/b18-16-,24-22-. The van der Waals surface area contributed by atoms with Gasteiger partial charge in [-0.2, -0.15) is 0 Å². The Bertz CT molecular complexity index is 1430. The molecule has 478 valence electrons. The maximum absolute atomic E-state index is 13.1. The van der Waals surface area contributed by atoms with Crippen LogP contribution in [0.2, 0.25) is 0 Å². The van der Waals surface area contributed by atoms with Gasteiger partial charge < -0.3 is 64.2 Å². The Kier molecular flexibility index (Phi) is 50.3. The average Bonchev–Trinajstić information content (AvgIpc) is 3.57. The SMILES string of the molecule is CCCCCCC/C=C\C/C=C\CCCCCCCCCCCCOCC(COC1OC(COC2OC(CO)C(O)C(O)C2O)C(O)C(O)C1O)OC(=O)CCCCCCCCCCCCCCCCCCCCCCCCCCC. The van der Waals surface area contributed by atoms with Crippen LogP contribution < -0.4 is 0 Å². The van der Waals surface area contributed by atoms with Crippen molar-refractivity contribution in [1.29, 1.82) is 0 Å². The Balaban J connectivity index is 1.64. The van der Waals surface area contributed by atoms with Gasteiger partial charge in [0.05, 0.1) is 26.4 Å². The fourth-order valence-electron chi connectivity index (χ4n) is 11.0. The number of ether oxygens (including phenoxy) is 6. The minimum atomic E-state index is -1.71. The molecule has 0 aromatic carbocycles. The van der Waals surface area contributed by atoms with E-state index in [-0.39, 0.29) is 25.6 Å². The molecule has 0 aromatic rings. The Labute approximate surface area is 494 Å². The third-order valence-corrected chi connectivity index (χ3v) is 16.5. The third-order valence-electron chi connectivity index (χ3n) is 16.5. The summed E-state index contributed by atoms with van der Waals surface area (Å²) in [5, 5.41) is 72.6. The lowest BCUT2D eigenvalue weighted by Crippen LogP contribution is -2.61. The van der Waals surface area contributed by atoms with Crippen molar-refractivity contribution in [3.8, 4) is 0 Å². The molecule has 0 bridgehead atoms. The summed E-state index contributed by atoms with van der Waals surface area (Å²) < 4.78 is 34.5. The molecule has 11 unspecified atom stereocenters. The second kappa shape index (κ2) is 53.9. The van der Waals surface area contributed by atoms with Crippen molar-refractivity contribution in [3.05, 3.63) is 24.3 Å². The van der Waals surface area contributed by atoms with Crippen LogP contribution in [-0.2, 0) is 33.2 Å². The van der Waals surface area contributed by atoms with Crippen LogP contribution in [0, 0.1) is 0 Å². The van der Waals surface area contributed by atoms with Gasteiger partial charge in [-0.3, -0.25) is 4.79 Å². The summed E-state index contributed by atoms with van der Waals surface area (Å²) >= 11 is 0. The molecule has 14 heteroatoms. The number of allylic oxidation sites excluding steroid dienone is 4. The van der Waals surface area contributed by atoms with Gasteiger partial charge in [-0.1, -0.05) is 269 Å².